The summed E-state index contributed by atoms with van der Waals surface area (Å²) in [7, 11) is 0. The number of ether oxygens (including phenoxy) is 1. The number of aliphatic carboxylic acids is 1. The quantitative estimate of drug-likeness (QED) is 0.831. The first-order valence-corrected chi connectivity index (χ1v) is 8.91. The molecule has 2 aromatic carbocycles. The third kappa shape index (κ3) is 4.35. The van der Waals surface area contributed by atoms with Gasteiger partial charge in [0.25, 0.3) is 5.91 Å². The number of halogens is 1. The van der Waals surface area contributed by atoms with Crippen LogP contribution in [-0.4, -0.2) is 34.5 Å². The predicted octanol–water partition coefficient (Wildman–Crippen LogP) is 4.00. The molecule has 0 radical (unpaired) electrons. The fraction of sp³-hybridized carbons (Fsp3) is 0.300. The Balaban J connectivity index is 1.74. The number of benzene rings is 2. The number of rotatable bonds is 6. The number of carbonyl (C=O) groups is 2. The molecular formula is C20H20ClNO4. The largest absolute Gasteiger partial charge is 0.488 e. The second-order valence-electron chi connectivity index (χ2n) is 6.30. The zero-order valence-electron chi connectivity index (χ0n) is 14.2. The van der Waals surface area contributed by atoms with Crippen LogP contribution in [0.5, 0.6) is 5.75 Å². The molecule has 0 aliphatic carbocycles. The lowest BCUT2D eigenvalue weighted by atomic mass is 10.1. The molecule has 0 bridgehead atoms. The summed E-state index contributed by atoms with van der Waals surface area (Å²) in [5.74, 6) is -0.573. The van der Waals surface area contributed by atoms with Gasteiger partial charge in [0.05, 0.1) is 12.0 Å². The van der Waals surface area contributed by atoms with E-state index in [-0.39, 0.29) is 18.4 Å². The highest BCUT2D eigenvalue weighted by molar-refractivity contribution is 6.30. The van der Waals surface area contributed by atoms with Crippen LogP contribution >= 0.6 is 11.6 Å². The van der Waals surface area contributed by atoms with Gasteiger partial charge in [-0.05, 0) is 42.7 Å². The van der Waals surface area contributed by atoms with E-state index in [9.17, 15) is 9.59 Å². The lowest BCUT2D eigenvalue weighted by molar-refractivity contribution is -0.137. The smallest absolute Gasteiger partial charge is 0.305 e. The van der Waals surface area contributed by atoms with E-state index in [1.165, 1.54) is 0 Å². The maximum Gasteiger partial charge on any atom is 0.305 e. The van der Waals surface area contributed by atoms with E-state index in [0.717, 1.165) is 12.0 Å². The number of carbonyl (C=O) groups excluding carboxylic acids is 1. The first-order chi connectivity index (χ1) is 12.5. The molecule has 0 saturated carbocycles. The minimum absolute atomic E-state index is 0.0282. The van der Waals surface area contributed by atoms with Gasteiger partial charge in [-0.25, -0.2) is 0 Å². The van der Waals surface area contributed by atoms with Crippen molar-refractivity contribution in [3.8, 4) is 5.75 Å². The van der Waals surface area contributed by atoms with Gasteiger partial charge in [-0.2, -0.15) is 0 Å². The topological polar surface area (TPSA) is 66.8 Å². The summed E-state index contributed by atoms with van der Waals surface area (Å²) in [6.45, 7) is 0.891. The van der Waals surface area contributed by atoms with Gasteiger partial charge in [0.15, 0.2) is 0 Å². The molecule has 0 aromatic heterocycles. The Bertz CT molecular complexity index is 791. The number of carboxylic acids is 1. The minimum Gasteiger partial charge on any atom is -0.488 e. The molecule has 26 heavy (non-hydrogen) atoms. The molecule has 3 rings (SSSR count). The number of amides is 1. The fourth-order valence-electron chi connectivity index (χ4n) is 3.18. The molecule has 1 aliphatic rings. The molecule has 1 fully saturated rings. The van der Waals surface area contributed by atoms with Crippen molar-refractivity contribution < 1.29 is 19.4 Å². The number of hydrogen-bond donors (Lipinski definition) is 1. The van der Waals surface area contributed by atoms with Crippen LogP contribution in [-0.2, 0) is 11.4 Å². The van der Waals surface area contributed by atoms with E-state index >= 15 is 0 Å². The van der Waals surface area contributed by atoms with Gasteiger partial charge >= 0.3 is 5.97 Å². The second kappa shape index (κ2) is 8.23. The molecule has 1 saturated heterocycles. The van der Waals surface area contributed by atoms with Gasteiger partial charge in [-0.3, -0.25) is 9.59 Å². The Labute approximate surface area is 157 Å². The average Bonchev–Trinajstić information content (AvgIpc) is 3.08. The summed E-state index contributed by atoms with van der Waals surface area (Å²) >= 11 is 5.89. The number of likely N-dealkylation sites (tertiary alicyclic amines) is 1. The van der Waals surface area contributed by atoms with Crippen LogP contribution in [0.4, 0.5) is 0 Å². The summed E-state index contributed by atoms with van der Waals surface area (Å²) < 4.78 is 5.85. The molecule has 1 amide bonds. The summed E-state index contributed by atoms with van der Waals surface area (Å²) in [5, 5.41) is 9.71. The van der Waals surface area contributed by atoms with Crippen molar-refractivity contribution in [1.29, 1.82) is 0 Å². The first-order valence-electron chi connectivity index (χ1n) is 8.53. The fourth-order valence-corrected chi connectivity index (χ4v) is 3.31. The normalized spacial score (nSPS) is 16.5. The highest BCUT2D eigenvalue weighted by Gasteiger charge is 2.32. The monoisotopic (exact) mass is 373 g/mol. The standard InChI is InChI=1S/C20H20ClNO4/c21-15-9-7-14(8-10-15)13-26-18-6-2-1-5-17(18)20(25)22-11-3-4-16(22)12-19(23)24/h1-2,5-10,16H,3-4,11-13H2,(H,23,24). The maximum atomic E-state index is 13.0. The van der Waals surface area contributed by atoms with Gasteiger partial charge in [0, 0.05) is 17.6 Å². The molecule has 1 unspecified atom stereocenters. The minimum atomic E-state index is -0.887. The third-order valence-corrected chi connectivity index (χ3v) is 4.73. The first kappa shape index (κ1) is 18.3. The van der Waals surface area contributed by atoms with Crippen molar-refractivity contribution in [2.45, 2.75) is 31.9 Å². The van der Waals surface area contributed by atoms with E-state index in [2.05, 4.69) is 0 Å². The van der Waals surface area contributed by atoms with Crippen molar-refractivity contribution >= 4 is 23.5 Å². The second-order valence-corrected chi connectivity index (χ2v) is 6.74. The maximum absolute atomic E-state index is 13.0. The van der Waals surface area contributed by atoms with E-state index < -0.39 is 5.97 Å². The number of para-hydroxylation sites is 1. The van der Waals surface area contributed by atoms with Gasteiger partial charge in [-0.15, -0.1) is 0 Å². The van der Waals surface area contributed by atoms with Crippen LogP contribution in [0, 0.1) is 0 Å². The summed E-state index contributed by atoms with van der Waals surface area (Å²) in [5.41, 5.74) is 1.40. The third-order valence-electron chi connectivity index (χ3n) is 4.47. The Morgan fingerprint density at radius 3 is 2.62 bits per heavy atom. The molecule has 1 heterocycles. The van der Waals surface area contributed by atoms with Crippen molar-refractivity contribution in [2.75, 3.05) is 6.54 Å². The van der Waals surface area contributed by atoms with Crippen molar-refractivity contribution in [1.82, 2.24) is 4.90 Å². The van der Waals surface area contributed by atoms with Crippen molar-refractivity contribution in [2.24, 2.45) is 0 Å². The Hall–Kier alpha value is -2.53. The molecule has 136 valence electrons. The van der Waals surface area contributed by atoms with Crippen LogP contribution in [0.25, 0.3) is 0 Å². The molecule has 6 heteroatoms. The van der Waals surface area contributed by atoms with Gasteiger partial charge < -0.3 is 14.7 Å². The molecule has 0 spiro atoms. The number of nitrogens with zero attached hydrogens (tertiary/aromatic N) is 1. The summed E-state index contributed by atoms with van der Waals surface area (Å²) in [6.07, 6.45) is 1.50. The van der Waals surface area contributed by atoms with Crippen molar-refractivity contribution in [3.05, 3.63) is 64.7 Å². The van der Waals surface area contributed by atoms with E-state index in [1.807, 2.05) is 18.2 Å². The molecule has 1 atom stereocenters. The van der Waals surface area contributed by atoms with E-state index in [0.29, 0.717) is 35.9 Å². The predicted molar refractivity (Wildman–Crippen MR) is 98.5 cm³/mol. The van der Waals surface area contributed by atoms with Gasteiger partial charge in [0.1, 0.15) is 12.4 Å². The average molecular weight is 374 g/mol. The van der Waals surface area contributed by atoms with Crippen LogP contribution in [0.2, 0.25) is 5.02 Å². The van der Waals surface area contributed by atoms with Crippen LogP contribution in [0.15, 0.2) is 48.5 Å². The molecule has 1 N–H and O–H groups in total. The van der Waals surface area contributed by atoms with Crippen molar-refractivity contribution in [3.63, 3.8) is 0 Å². The number of carboxylic acid groups (broad SMARTS) is 1. The summed E-state index contributed by atoms with van der Waals surface area (Å²) in [6, 6.07) is 14.1. The molecule has 5 nitrogen and oxygen atoms in total. The molecule has 1 aliphatic heterocycles. The molecular weight excluding hydrogens is 354 g/mol. The Morgan fingerprint density at radius 1 is 1.15 bits per heavy atom. The Kier molecular flexibility index (Phi) is 5.78. The summed E-state index contributed by atoms with van der Waals surface area (Å²) in [4.78, 5) is 25.6. The van der Waals surface area contributed by atoms with E-state index in [4.69, 9.17) is 21.4 Å². The highest BCUT2D eigenvalue weighted by Crippen LogP contribution is 2.27. The highest BCUT2D eigenvalue weighted by atomic mass is 35.5. The zero-order chi connectivity index (χ0) is 18.5. The van der Waals surface area contributed by atoms with Crippen LogP contribution < -0.4 is 4.74 Å². The lowest BCUT2D eigenvalue weighted by Gasteiger charge is -2.24. The van der Waals surface area contributed by atoms with Crippen LogP contribution in [0.3, 0.4) is 0 Å². The Morgan fingerprint density at radius 2 is 1.88 bits per heavy atom. The lowest BCUT2D eigenvalue weighted by Crippen LogP contribution is -2.37. The zero-order valence-corrected chi connectivity index (χ0v) is 15.0. The number of hydrogen-bond acceptors (Lipinski definition) is 3. The van der Waals surface area contributed by atoms with Gasteiger partial charge in [-0.1, -0.05) is 35.9 Å². The SMILES string of the molecule is O=C(O)CC1CCCN1C(=O)c1ccccc1OCc1ccc(Cl)cc1. The van der Waals surface area contributed by atoms with E-state index in [1.54, 1.807) is 35.2 Å². The van der Waals surface area contributed by atoms with Crippen LogP contribution in [0.1, 0.15) is 35.2 Å². The molecule has 2 aromatic rings. The van der Waals surface area contributed by atoms with Gasteiger partial charge in [0.2, 0.25) is 0 Å².